The van der Waals surface area contributed by atoms with E-state index in [0.717, 1.165) is 28.6 Å². The van der Waals surface area contributed by atoms with Crippen molar-refractivity contribution in [3.05, 3.63) is 16.8 Å². The highest BCUT2D eigenvalue weighted by Crippen LogP contribution is 2.41. The number of carbonyl (C=O) groups is 1. The number of thiophene rings is 1. The average Bonchev–Trinajstić information content (AvgIpc) is 2.85. The monoisotopic (exact) mass is 335 g/mol. The first-order chi connectivity index (χ1) is 10.6. The highest BCUT2D eigenvalue weighted by atomic mass is 32.2. The first kappa shape index (κ1) is 15.7. The molecule has 2 atom stereocenters. The fourth-order valence-electron chi connectivity index (χ4n) is 2.87. The second kappa shape index (κ2) is 6.54. The Hall–Kier alpha value is -1.14. The van der Waals surface area contributed by atoms with Crippen LogP contribution in [0, 0.1) is 5.92 Å². The molecule has 6 heteroatoms. The largest absolute Gasteiger partial charge is 0.355 e. The van der Waals surface area contributed by atoms with Gasteiger partial charge in [-0.15, -0.1) is 11.3 Å². The Labute approximate surface area is 139 Å². The molecule has 0 unspecified atom stereocenters. The van der Waals surface area contributed by atoms with Gasteiger partial charge in [0.05, 0.1) is 5.25 Å². The zero-order valence-corrected chi connectivity index (χ0v) is 14.8. The predicted molar refractivity (Wildman–Crippen MR) is 92.6 cm³/mol. The molecule has 2 aromatic rings. The van der Waals surface area contributed by atoms with Gasteiger partial charge in [-0.2, -0.15) is 0 Å². The van der Waals surface area contributed by atoms with Gasteiger partial charge in [0, 0.05) is 16.8 Å². The summed E-state index contributed by atoms with van der Waals surface area (Å²) >= 11 is 3.34. The number of thioether (sulfide) groups is 1. The van der Waals surface area contributed by atoms with Crippen LogP contribution in [0.25, 0.3) is 10.2 Å². The Bertz CT molecular complexity index is 698. The molecule has 0 spiro atoms. The van der Waals surface area contributed by atoms with Gasteiger partial charge in [0.1, 0.15) is 16.2 Å². The van der Waals surface area contributed by atoms with E-state index in [1.807, 2.05) is 13.8 Å². The molecule has 118 valence electrons. The lowest BCUT2D eigenvalue weighted by molar-refractivity contribution is -0.120. The number of aryl methyl sites for hydroxylation is 1. The average molecular weight is 335 g/mol. The highest BCUT2D eigenvalue weighted by molar-refractivity contribution is 8.00. The van der Waals surface area contributed by atoms with Crippen molar-refractivity contribution in [3.8, 4) is 0 Å². The molecule has 1 aliphatic carbocycles. The van der Waals surface area contributed by atoms with Crippen LogP contribution in [0.1, 0.15) is 37.6 Å². The van der Waals surface area contributed by atoms with Crippen LogP contribution in [0.5, 0.6) is 0 Å². The highest BCUT2D eigenvalue weighted by Gasteiger charge is 2.24. The Balaban J connectivity index is 1.95. The maximum Gasteiger partial charge on any atom is 0.233 e. The van der Waals surface area contributed by atoms with Crippen molar-refractivity contribution in [1.29, 1.82) is 0 Å². The minimum absolute atomic E-state index is 0.0666. The van der Waals surface area contributed by atoms with Crippen molar-refractivity contribution in [2.75, 3.05) is 6.54 Å². The maximum atomic E-state index is 12.0. The number of nitrogens with one attached hydrogen (secondary N) is 1. The molecule has 22 heavy (non-hydrogen) atoms. The van der Waals surface area contributed by atoms with E-state index in [9.17, 15) is 4.79 Å². The van der Waals surface area contributed by atoms with Crippen molar-refractivity contribution in [1.82, 2.24) is 15.3 Å². The Kier molecular flexibility index (Phi) is 4.68. The van der Waals surface area contributed by atoms with Gasteiger partial charge < -0.3 is 5.32 Å². The summed E-state index contributed by atoms with van der Waals surface area (Å²) in [5.41, 5.74) is 1.42. The number of amides is 1. The molecule has 2 heterocycles. The van der Waals surface area contributed by atoms with Gasteiger partial charge in [0.2, 0.25) is 5.91 Å². The third-order valence-electron chi connectivity index (χ3n) is 4.07. The van der Waals surface area contributed by atoms with Crippen LogP contribution in [0.4, 0.5) is 0 Å². The number of aromatic nitrogens is 2. The van der Waals surface area contributed by atoms with Crippen molar-refractivity contribution in [2.45, 2.75) is 50.3 Å². The third-order valence-corrected chi connectivity index (χ3v) is 6.33. The summed E-state index contributed by atoms with van der Waals surface area (Å²) in [6.45, 7) is 6.85. The van der Waals surface area contributed by atoms with Crippen LogP contribution in [-0.4, -0.2) is 27.7 Å². The normalized spacial score (nSPS) is 19.0. The fraction of sp³-hybridized carbons (Fsp3) is 0.562. The first-order valence-electron chi connectivity index (χ1n) is 7.79. The third kappa shape index (κ3) is 2.99. The lowest BCUT2D eigenvalue weighted by Gasteiger charge is -2.18. The van der Waals surface area contributed by atoms with Gasteiger partial charge in [0.15, 0.2) is 0 Å². The minimum atomic E-state index is -0.142. The molecule has 0 radical (unpaired) electrons. The molecule has 0 bridgehead atoms. The number of hydrogen-bond acceptors (Lipinski definition) is 5. The minimum Gasteiger partial charge on any atom is -0.355 e. The summed E-state index contributed by atoms with van der Waals surface area (Å²) in [5.74, 6) is 0.816. The second-order valence-corrected chi connectivity index (χ2v) is 8.28. The van der Waals surface area contributed by atoms with E-state index in [1.165, 1.54) is 22.2 Å². The summed E-state index contributed by atoms with van der Waals surface area (Å²) < 4.78 is 0. The molecular weight excluding hydrogens is 314 g/mol. The lowest BCUT2D eigenvalue weighted by atomic mass is 9.89. The Morgan fingerprint density at radius 3 is 3.14 bits per heavy atom. The van der Waals surface area contributed by atoms with Crippen molar-refractivity contribution in [3.63, 3.8) is 0 Å². The topological polar surface area (TPSA) is 54.9 Å². The van der Waals surface area contributed by atoms with Gasteiger partial charge in [0.25, 0.3) is 0 Å². The van der Waals surface area contributed by atoms with Crippen molar-refractivity contribution >= 4 is 39.2 Å². The number of carbonyl (C=O) groups excluding carboxylic acids is 1. The van der Waals surface area contributed by atoms with Crippen LogP contribution < -0.4 is 5.32 Å². The van der Waals surface area contributed by atoms with Gasteiger partial charge in [-0.1, -0.05) is 18.7 Å². The van der Waals surface area contributed by atoms with Gasteiger partial charge in [-0.05, 0) is 44.6 Å². The Morgan fingerprint density at radius 1 is 1.55 bits per heavy atom. The van der Waals surface area contributed by atoms with Gasteiger partial charge in [-0.25, -0.2) is 9.97 Å². The summed E-state index contributed by atoms with van der Waals surface area (Å²) in [6, 6.07) is 0. The van der Waals surface area contributed by atoms with Crippen LogP contribution in [-0.2, 0) is 17.6 Å². The molecule has 0 aliphatic heterocycles. The summed E-state index contributed by atoms with van der Waals surface area (Å²) in [6.07, 6.45) is 5.10. The molecule has 4 nitrogen and oxygen atoms in total. The predicted octanol–water partition coefficient (Wildman–Crippen LogP) is 3.43. The van der Waals surface area contributed by atoms with E-state index < -0.39 is 0 Å². The van der Waals surface area contributed by atoms with Gasteiger partial charge in [-0.3, -0.25) is 4.79 Å². The number of fused-ring (bicyclic) bond motifs is 3. The molecule has 1 amide bonds. The van der Waals surface area contributed by atoms with E-state index in [1.54, 1.807) is 29.4 Å². The van der Waals surface area contributed by atoms with Crippen LogP contribution in [0.15, 0.2) is 11.4 Å². The molecule has 1 aliphatic rings. The molecule has 2 aromatic heterocycles. The van der Waals surface area contributed by atoms with Gasteiger partial charge >= 0.3 is 0 Å². The number of nitrogens with zero attached hydrogens (tertiary/aromatic N) is 2. The van der Waals surface area contributed by atoms with E-state index in [0.29, 0.717) is 6.54 Å². The maximum absolute atomic E-state index is 12.0. The van der Waals surface area contributed by atoms with Crippen molar-refractivity contribution in [2.24, 2.45) is 5.92 Å². The SMILES string of the molecule is CCNC(=O)[C@@H](C)Sc1ncnc2sc3c(c12)CC[C@@H](C)C3. The zero-order valence-electron chi connectivity index (χ0n) is 13.2. The summed E-state index contributed by atoms with van der Waals surface area (Å²) in [5, 5.41) is 4.88. The van der Waals surface area contributed by atoms with E-state index >= 15 is 0 Å². The van der Waals surface area contributed by atoms with Crippen LogP contribution >= 0.6 is 23.1 Å². The molecule has 0 fully saturated rings. The molecule has 0 saturated heterocycles. The van der Waals surface area contributed by atoms with E-state index in [-0.39, 0.29) is 11.2 Å². The summed E-state index contributed by atoms with van der Waals surface area (Å²) in [4.78, 5) is 23.4. The zero-order chi connectivity index (χ0) is 15.7. The van der Waals surface area contributed by atoms with E-state index in [4.69, 9.17) is 0 Å². The smallest absolute Gasteiger partial charge is 0.233 e. The fourth-order valence-corrected chi connectivity index (χ4v) is 5.26. The standard InChI is InChI=1S/C16H21N3OS2/c1-4-17-14(20)10(3)21-15-13-11-6-5-9(2)7-12(11)22-16(13)19-8-18-15/h8-10H,4-7H2,1-3H3,(H,17,20)/t9-,10-/m1/s1. The lowest BCUT2D eigenvalue weighted by Crippen LogP contribution is -2.30. The molecular formula is C16H21N3OS2. The van der Waals surface area contributed by atoms with Crippen molar-refractivity contribution < 1.29 is 4.79 Å². The molecule has 1 N–H and O–H groups in total. The molecule has 0 saturated carbocycles. The second-order valence-electron chi connectivity index (χ2n) is 5.87. The number of hydrogen-bond donors (Lipinski definition) is 1. The molecule has 0 aromatic carbocycles. The first-order valence-corrected chi connectivity index (χ1v) is 9.49. The molecule has 3 rings (SSSR count). The Morgan fingerprint density at radius 2 is 2.36 bits per heavy atom. The van der Waals surface area contributed by atoms with Crippen LogP contribution in [0.2, 0.25) is 0 Å². The van der Waals surface area contributed by atoms with E-state index in [2.05, 4.69) is 22.2 Å². The quantitative estimate of drug-likeness (QED) is 0.687. The van der Waals surface area contributed by atoms with Crippen LogP contribution in [0.3, 0.4) is 0 Å². The summed E-state index contributed by atoms with van der Waals surface area (Å²) in [7, 11) is 0. The number of rotatable bonds is 4.